The maximum Gasteiger partial charge on any atom is 0.243 e. The van der Waals surface area contributed by atoms with E-state index in [1.54, 1.807) is 15.9 Å². The molecule has 0 saturated carbocycles. The van der Waals surface area contributed by atoms with Crippen molar-refractivity contribution in [2.45, 2.75) is 19.5 Å². The summed E-state index contributed by atoms with van der Waals surface area (Å²) in [4.78, 5) is 18.7. The van der Waals surface area contributed by atoms with Gasteiger partial charge in [0.2, 0.25) is 5.91 Å². The number of amides is 1. The first kappa shape index (κ1) is 20.8. The van der Waals surface area contributed by atoms with Crippen molar-refractivity contribution < 1.29 is 4.79 Å². The number of nitrogens with zero attached hydrogens (tertiary/aromatic N) is 4. The number of thiophene rings is 1. The minimum atomic E-state index is -0.468. The SMILES string of the molecule is CC(C(=O)NCc1ccccc1N1CCN(C)CC1)n1c(-c2cccs2)n[nH]c1=S. The number of H-pyrrole nitrogens is 1. The van der Waals surface area contributed by atoms with E-state index in [-0.39, 0.29) is 5.91 Å². The van der Waals surface area contributed by atoms with Gasteiger partial charge in [-0.1, -0.05) is 24.3 Å². The minimum Gasteiger partial charge on any atom is -0.369 e. The third-order valence-electron chi connectivity index (χ3n) is 5.50. The second-order valence-electron chi connectivity index (χ2n) is 7.51. The number of aromatic nitrogens is 3. The van der Waals surface area contributed by atoms with E-state index < -0.39 is 6.04 Å². The van der Waals surface area contributed by atoms with Crippen LogP contribution in [-0.4, -0.2) is 58.8 Å². The van der Waals surface area contributed by atoms with Crippen LogP contribution in [0.5, 0.6) is 0 Å². The van der Waals surface area contributed by atoms with E-state index in [0.29, 0.717) is 17.1 Å². The monoisotopic (exact) mass is 442 g/mol. The Balaban J connectivity index is 1.48. The Morgan fingerprint density at radius 1 is 1.23 bits per heavy atom. The standard InChI is InChI=1S/C21H26N6OS2/c1-15(27-19(23-24-21(27)29)18-8-5-13-30-18)20(28)22-14-16-6-3-4-7-17(16)26-11-9-25(2)10-12-26/h3-8,13,15H,9-12,14H2,1-2H3,(H,22,28)(H,24,29). The smallest absolute Gasteiger partial charge is 0.243 e. The zero-order valence-corrected chi connectivity index (χ0v) is 18.8. The molecule has 0 bridgehead atoms. The van der Waals surface area contributed by atoms with Crippen LogP contribution in [0.1, 0.15) is 18.5 Å². The summed E-state index contributed by atoms with van der Waals surface area (Å²) in [6.07, 6.45) is 0. The summed E-state index contributed by atoms with van der Waals surface area (Å²) in [5, 5.41) is 12.2. The van der Waals surface area contributed by atoms with Crippen molar-refractivity contribution in [1.82, 2.24) is 25.0 Å². The highest BCUT2D eigenvalue weighted by Crippen LogP contribution is 2.26. The Bertz CT molecular complexity index is 1050. The number of anilines is 1. The highest BCUT2D eigenvalue weighted by molar-refractivity contribution is 7.71. The minimum absolute atomic E-state index is 0.0847. The Hall–Kier alpha value is -2.49. The number of hydrogen-bond donors (Lipinski definition) is 2. The maximum absolute atomic E-state index is 13.0. The number of hydrogen-bond acceptors (Lipinski definition) is 6. The molecule has 0 spiro atoms. The lowest BCUT2D eigenvalue weighted by molar-refractivity contribution is -0.124. The van der Waals surface area contributed by atoms with Gasteiger partial charge in [-0.25, -0.2) is 0 Å². The molecule has 3 heterocycles. The summed E-state index contributed by atoms with van der Waals surface area (Å²) in [6.45, 7) is 6.40. The van der Waals surface area contributed by atoms with E-state index in [9.17, 15) is 4.79 Å². The second-order valence-corrected chi connectivity index (χ2v) is 8.85. The zero-order chi connectivity index (χ0) is 21.1. The molecule has 0 aliphatic carbocycles. The molecule has 2 aromatic heterocycles. The molecule has 1 aliphatic heterocycles. The molecule has 1 atom stereocenters. The maximum atomic E-state index is 13.0. The lowest BCUT2D eigenvalue weighted by atomic mass is 10.1. The molecule has 3 aromatic rings. The number of piperazine rings is 1. The van der Waals surface area contributed by atoms with Crippen LogP contribution in [0, 0.1) is 4.77 Å². The molecule has 1 amide bonds. The third-order valence-corrected chi connectivity index (χ3v) is 6.66. The third kappa shape index (κ3) is 4.33. The molecular formula is C21H26N6OS2. The molecule has 4 rings (SSSR count). The van der Waals surface area contributed by atoms with Crippen LogP contribution < -0.4 is 10.2 Å². The summed E-state index contributed by atoms with van der Waals surface area (Å²) < 4.78 is 2.22. The number of carbonyl (C=O) groups excluding carboxylic acids is 1. The van der Waals surface area contributed by atoms with Crippen molar-refractivity contribution in [2.24, 2.45) is 0 Å². The van der Waals surface area contributed by atoms with Crippen molar-refractivity contribution in [2.75, 3.05) is 38.1 Å². The summed E-state index contributed by atoms with van der Waals surface area (Å²) >= 11 is 6.96. The fourth-order valence-electron chi connectivity index (χ4n) is 3.71. The van der Waals surface area contributed by atoms with Gasteiger partial charge in [-0.15, -0.1) is 11.3 Å². The normalized spacial score (nSPS) is 15.9. The number of benzene rings is 1. The largest absolute Gasteiger partial charge is 0.369 e. The number of aromatic amines is 1. The lowest BCUT2D eigenvalue weighted by Crippen LogP contribution is -2.45. The molecule has 7 nitrogen and oxygen atoms in total. The summed E-state index contributed by atoms with van der Waals surface area (Å²) in [5.74, 6) is 0.606. The molecular weight excluding hydrogens is 416 g/mol. The molecule has 1 unspecified atom stereocenters. The number of nitrogens with one attached hydrogen (secondary N) is 2. The van der Waals surface area contributed by atoms with Crippen LogP contribution >= 0.6 is 23.6 Å². The lowest BCUT2D eigenvalue weighted by Gasteiger charge is -2.35. The van der Waals surface area contributed by atoms with Gasteiger partial charge in [0, 0.05) is 38.4 Å². The van der Waals surface area contributed by atoms with Crippen LogP contribution in [0.25, 0.3) is 10.7 Å². The van der Waals surface area contributed by atoms with Crippen molar-refractivity contribution in [1.29, 1.82) is 0 Å². The Kier molecular flexibility index (Phi) is 6.31. The molecule has 9 heteroatoms. The van der Waals surface area contributed by atoms with E-state index in [0.717, 1.165) is 36.6 Å². The van der Waals surface area contributed by atoms with Gasteiger partial charge in [-0.05, 0) is 49.3 Å². The predicted octanol–water partition coefficient (Wildman–Crippen LogP) is 3.30. The highest BCUT2D eigenvalue weighted by atomic mass is 32.1. The molecule has 1 fully saturated rings. The molecule has 1 aliphatic rings. The van der Waals surface area contributed by atoms with E-state index in [1.165, 1.54) is 5.69 Å². The molecule has 158 valence electrons. The molecule has 1 aromatic carbocycles. The van der Waals surface area contributed by atoms with Gasteiger partial charge in [-0.3, -0.25) is 14.5 Å². The average Bonchev–Trinajstić information content (AvgIpc) is 3.42. The van der Waals surface area contributed by atoms with Crippen LogP contribution in [0.4, 0.5) is 5.69 Å². The number of para-hydroxylation sites is 1. The number of rotatable bonds is 6. The molecule has 30 heavy (non-hydrogen) atoms. The molecule has 0 radical (unpaired) electrons. The average molecular weight is 443 g/mol. The first-order chi connectivity index (χ1) is 14.5. The quantitative estimate of drug-likeness (QED) is 0.574. The van der Waals surface area contributed by atoms with Gasteiger partial charge < -0.3 is 15.1 Å². The number of likely N-dealkylation sites (N-methyl/N-ethyl adjacent to an activating group) is 1. The van der Waals surface area contributed by atoms with E-state index >= 15 is 0 Å². The van der Waals surface area contributed by atoms with Crippen LogP contribution in [0.15, 0.2) is 41.8 Å². The Labute approximate surface area is 185 Å². The van der Waals surface area contributed by atoms with Gasteiger partial charge in [0.15, 0.2) is 10.6 Å². The van der Waals surface area contributed by atoms with E-state index in [4.69, 9.17) is 12.2 Å². The van der Waals surface area contributed by atoms with Crippen molar-refractivity contribution in [3.63, 3.8) is 0 Å². The van der Waals surface area contributed by atoms with Crippen molar-refractivity contribution in [3.8, 4) is 10.7 Å². The molecule has 1 saturated heterocycles. The van der Waals surface area contributed by atoms with Crippen LogP contribution in [0.3, 0.4) is 0 Å². The first-order valence-electron chi connectivity index (χ1n) is 10.0. The van der Waals surface area contributed by atoms with Gasteiger partial charge >= 0.3 is 0 Å². The number of carbonyl (C=O) groups is 1. The fourth-order valence-corrected chi connectivity index (χ4v) is 4.71. The van der Waals surface area contributed by atoms with Crippen molar-refractivity contribution >= 4 is 35.1 Å². The second kappa shape index (κ2) is 9.11. The zero-order valence-electron chi connectivity index (χ0n) is 17.2. The topological polar surface area (TPSA) is 69.2 Å². The van der Waals surface area contributed by atoms with Gasteiger partial charge in [-0.2, -0.15) is 5.10 Å². The predicted molar refractivity (Wildman–Crippen MR) is 123 cm³/mol. The Morgan fingerprint density at radius 2 is 2.00 bits per heavy atom. The van der Waals surface area contributed by atoms with Gasteiger partial charge in [0.1, 0.15) is 6.04 Å². The van der Waals surface area contributed by atoms with Gasteiger partial charge in [0.25, 0.3) is 0 Å². The summed E-state index contributed by atoms with van der Waals surface area (Å²) in [5.41, 5.74) is 2.31. The first-order valence-corrected chi connectivity index (χ1v) is 11.3. The summed E-state index contributed by atoms with van der Waals surface area (Å²) in [7, 11) is 2.15. The van der Waals surface area contributed by atoms with E-state index in [2.05, 4.69) is 50.6 Å². The van der Waals surface area contributed by atoms with Crippen molar-refractivity contribution in [3.05, 3.63) is 52.1 Å². The van der Waals surface area contributed by atoms with Crippen LogP contribution in [0.2, 0.25) is 0 Å². The highest BCUT2D eigenvalue weighted by Gasteiger charge is 2.22. The van der Waals surface area contributed by atoms with Gasteiger partial charge in [0.05, 0.1) is 4.88 Å². The van der Waals surface area contributed by atoms with Crippen LogP contribution in [-0.2, 0) is 11.3 Å². The summed E-state index contributed by atoms with van der Waals surface area (Å²) in [6, 6.07) is 11.8. The Morgan fingerprint density at radius 3 is 2.73 bits per heavy atom. The molecule has 2 N–H and O–H groups in total. The van der Waals surface area contributed by atoms with E-state index in [1.807, 2.05) is 30.5 Å². The fraction of sp³-hybridized carbons (Fsp3) is 0.381.